The number of carbonyl (C=O) groups is 1. The molecular weight excluding hydrogens is 258 g/mol. The van der Waals surface area contributed by atoms with Crippen LogP contribution < -0.4 is 10.2 Å². The lowest BCUT2D eigenvalue weighted by atomic mass is 10.1. The smallest absolute Gasteiger partial charge is 0.223 e. The van der Waals surface area contributed by atoms with Crippen molar-refractivity contribution < 1.29 is 4.79 Å². The van der Waals surface area contributed by atoms with E-state index in [0.717, 1.165) is 21.8 Å². The SMILES string of the molecule is CC(=O)Nc1nc(C)c(-c2ccc(N(C)C)cc2)s1. The van der Waals surface area contributed by atoms with Crippen LogP contribution >= 0.6 is 11.3 Å². The summed E-state index contributed by atoms with van der Waals surface area (Å²) in [6.45, 7) is 3.44. The lowest BCUT2D eigenvalue weighted by Gasteiger charge is -2.12. The molecule has 1 aromatic heterocycles. The summed E-state index contributed by atoms with van der Waals surface area (Å²) < 4.78 is 0. The monoisotopic (exact) mass is 275 g/mol. The number of nitrogens with zero attached hydrogens (tertiary/aromatic N) is 2. The topological polar surface area (TPSA) is 45.2 Å². The zero-order valence-corrected chi connectivity index (χ0v) is 12.3. The molecule has 1 amide bonds. The van der Waals surface area contributed by atoms with Gasteiger partial charge in [0.25, 0.3) is 0 Å². The van der Waals surface area contributed by atoms with Crippen molar-refractivity contribution >= 4 is 28.1 Å². The van der Waals surface area contributed by atoms with E-state index in [1.165, 1.54) is 18.3 Å². The Bertz CT molecular complexity index is 587. The molecule has 1 N–H and O–H groups in total. The van der Waals surface area contributed by atoms with Gasteiger partial charge in [0.15, 0.2) is 5.13 Å². The van der Waals surface area contributed by atoms with Crippen molar-refractivity contribution in [1.29, 1.82) is 0 Å². The number of thiazole rings is 1. The Morgan fingerprint density at radius 3 is 2.42 bits per heavy atom. The van der Waals surface area contributed by atoms with E-state index in [-0.39, 0.29) is 5.91 Å². The third-order valence-corrected chi connectivity index (χ3v) is 3.85. The number of benzene rings is 1. The van der Waals surface area contributed by atoms with Gasteiger partial charge in [-0.05, 0) is 24.6 Å². The normalized spacial score (nSPS) is 10.3. The van der Waals surface area contributed by atoms with E-state index in [4.69, 9.17) is 0 Å². The Labute approximate surface area is 117 Å². The third-order valence-electron chi connectivity index (χ3n) is 2.73. The fraction of sp³-hybridized carbons (Fsp3) is 0.286. The molecule has 0 fully saturated rings. The van der Waals surface area contributed by atoms with Crippen LogP contribution in [0.25, 0.3) is 10.4 Å². The summed E-state index contributed by atoms with van der Waals surface area (Å²) in [5.74, 6) is -0.0942. The van der Waals surface area contributed by atoms with Crippen LogP contribution in [0.2, 0.25) is 0 Å². The quantitative estimate of drug-likeness (QED) is 0.936. The van der Waals surface area contributed by atoms with Crippen LogP contribution in [-0.4, -0.2) is 25.0 Å². The molecule has 19 heavy (non-hydrogen) atoms. The summed E-state index contributed by atoms with van der Waals surface area (Å²) in [7, 11) is 4.03. The third kappa shape index (κ3) is 3.12. The van der Waals surface area contributed by atoms with E-state index in [9.17, 15) is 4.79 Å². The first-order valence-electron chi connectivity index (χ1n) is 6.00. The predicted molar refractivity (Wildman–Crippen MR) is 80.9 cm³/mol. The lowest BCUT2D eigenvalue weighted by Crippen LogP contribution is -2.07. The number of nitrogens with one attached hydrogen (secondary N) is 1. The first kappa shape index (κ1) is 13.5. The maximum absolute atomic E-state index is 11.0. The summed E-state index contributed by atoms with van der Waals surface area (Å²) in [5, 5.41) is 3.38. The molecule has 2 aromatic rings. The number of hydrogen-bond donors (Lipinski definition) is 1. The van der Waals surface area contributed by atoms with Crippen molar-refractivity contribution in [2.45, 2.75) is 13.8 Å². The van der Waals surface area contributed by atoms with Crippen molar-refractivity contribution in [3.8, 4) is 10.4 Å². The average Bonchev–Trinajstić information content (AvgIpc) is 2.69. The van der Waals surface area contributed by atoms with Crippen LogP contribution in [0, 0.1) is 6.92 Å². The molecule has 0 saturated carbocycles. The molecule has 4 nitrogen and oxygen atoms in total. The molecule has 0 aliphatic carbocycles. The lowest BCUT2D eigenvalue weighted by molar-refractivity contribution is -0.114. The highest BCUT2D eigenvalue weighted by Gasteiger charge is 2.10. The highest BCUT2D eigenvalue weighted by Crippen LogP contribution is 2.33. The minimum atomic E-state index is -0.0942. The maximum atomic E-state index is 11.0. The minimum absolute atomic E-state index is 0.0942. The summed E-state index contributed by atoms with van der Waals surface area (Å²) in [4.78, 5) is 18.6. The summed E-state index contributed by atoms with van der Waals surface area (Å²) in [5.41, 5.74) is 3.22. The van der Waals surface area contributed by atoms with Gasteiger partial charge in [-0.3, -0.25) is 4.79 Å². The number of carbonyl (C=O) groups excluding carboxylic acids is 1. The maximum Gasteiger partial charge on any atom is 0.223 e. The molecule has 5 heteroatoms. The summed E-state index contributed by atoms with van der Waals surface area (Å²) in [6.07, 6.45) is 0. The Kier molecular flexibility index (Phi) is 3.85. The Balaban J connectivity index is 2.30. The molecule has 0 aliphatic rings. The summed E-state index contributed by atoms with van der Waals surface area (Å²) >= 11 is 1.50. The number of hydrogen-bond acceptors (Lipinski definition) is 4. The number of anilines is 2. The second-order valence-corrected chi connectivity index (χ2v) is 5.56. The van der Waals surface area contributed by atoms with Crippen molar-refractivity contribution in [2.75, 3.05) is 24.3 Å². The fourth-order valence-electron chi connectivity index (χ4n) is 1.78. The Morgan fingerprint density at radius 2 is 1.89 bits per heavy atom. The second kappa shape index (κ2) is 5.40. The zero-order chi connectivity index (χ0) is 14.0. The van der Waals surface area contributed by atoms with Crippen molar-refractivity contribution in [2.24, 2.45) is 0 Å². The molecule has 0 spiro atoms. The molecule has 1 aromatic carbocycles. The largest absolute Gasteiger partial charge is 0.378 e. The highest BCUT2D eigenvalue weighted by molar-refractivity contribution is 7.19. The number of rotatable bonds is 3. The zero-order valence-electron chi connectivity index (χ0n) is 11.5. The predicted octanol–water partition coefficient (Wildman–Crippen LogP) is 3.14. The van der Waals surface area contributed by atoms with Crippen LogP contribution in [0.3, 0.4) is 0 Å². The molecular formula is C14H17N3OS. The van der Waals surface area contributed by atoms with E-state index in [0.29, 0.717) is 5.13 Å². The van der Waals surface area contributed by atoms with Gasteiger partial charge in [0, 0.05) is 26.7 Å². The molecule has 1 heterocycles. The van der Waals surface area contributed by atoms with Gasteiger partial charge in [0.1, 0.15) is 0 Å². The molecule has 100 valence electrons. The molecule has 0 aliphatic heterocycles. The van der Waals surface area contributed by atoms with Crippen LogP contribution in [0.5, 0.6) is 0 Å². The number of aromatic nitrogens is 1. The molecule has 0 unspecified atom stereocenters. The molecule has 0 radical (unpaired) electrons. The Morgan fingerprint density at radius 1 is 1.26 bits per heavy atom. The second-order valence-electron chi connectivity index (χ2n) is 4.56. The van der Waals surface area contributed by atoms with Gasteiger partial charge in [0.2, 0.25) is 5.91 Å². The van der Waals surface area contributed by atoms with Gasteiger partial charge in [-0.25, -0.2) is 4.98 Å². The van der Waals surface area contributed by atoms with E-state index in [1.54, 1.807) is 0 Å². The molecule has 0 bridgehead atoms. The van der Waals surface area contributed by atoms with Gasteiger partial charge in [-0.2, -0.15) is 0 Å². The van der Waals surface area contributed by atoms with Gasteiger partial charge in [-0.15, -0.1) is 0 Å². The van der Waals surface area contributed by atoms with E-state index < -0.39 is 0 Å². The Hall–Kier alpha value is -1.88. The number of amides is 1. The average molecular weight is 275 g/mol. The van der Waals surface area contributed by atoms with Gasteiger partial charge >= 0.3 is 0 Å². The highest BCUT2D eigenvalue weighted by atomic mass is 32.1. The van der Waals surface area contributed by atoms with Crippen molar-refractivity contribution in [1.82, 2.24) is 4.98 Å². The van der Waals surface area contributed by atoms with Crippen LogP contribution in [0.1, 0.15) is 12.6 Å². The standard InChI is InChI=1S/C14H17N3OS/c1-9-13(19-14(15-9)16-10(2)18)11-5-7-12(8-6-11)17(3)4/h5-8H,1-4H3,(H,15,16,18). The molecule has 2 rings (SSSR count). The molecule has 0 atom stereocenters. The van der Waals surface area contributed by atoms with E-state index in [2.05, 4.69) is 39.5 Å². The van der Waals surface area contributed by atoms with Gasteiger partial charge in [-0.1, -0.05) is 23.5 Å². The van der Waals surface area contributed by atoms with Gasteiger partial charge in [0.05, 0.1) is 10.6 Å². The van der Waals surface area contributed by atoms with Gasteiger partial charge < -0.3 is 10.2 Å². The van der Waals surface area contributed by atoms with Crippen molar-refractivity contribution in [3.05, 3.63) is 30.0 Å². The van der Waals surface area contributed by atoms with E-state index >= 15 is 0 Å². The van der Waals surface area contributed by atoms with E-state index in [1.807, 2.05) is 21.0 Å². The first-order valence-corrected chi connectivity index (χ1v) is 6.82. The summed E-state index contributed by atoms with van der Waals surface area (Å²) in [6, 6.07) is 8.31. The van der Waals surface area contributed by atoms with Crippen molar-refractivity contribution in [3.63, 3.8) is 0 Å². The first-order chi connectivity index (χ1) is 8.97. The fourth-order valence-corrected chi connectivity index (χ4v) is 2.80. The molecule has 0 saturated heterocycles. The van der Waals surface area contributed by atoms with Crippen LogP contribution in [0.15, 0.2) is 24.3 Å². The minimum Gasteiger partial charge on any atom is -0.378 e. The van der Waals surface area contributed by atoms with Crippen LogP contribution in [-0.2, 0) is 4.79 Å². The number of aryl methyl sites for hydroxylation is 1. The van der Waals surface area contributed by atoms with Crippen LogP contribution in [0.4, 0.5) is 10.8 Å².